The van der Waals surface area contributed by atoms with Gasteiger partial charge in [-0.05, 0) is 38.8 Å². The minimum atomic E-state index is -0.380. The predicted octanol–water partition coefficient (Wildman–Crippen LogP) is 2.20. The van der Waals surface area contributed by atoms with Crippen molar-refractivity contribution in [3.8, 4) is 0 Å². The van der Waals surface area contributed by atoms with Crippen LogP contribution in [0.4, 0.5) is 5.69 Å². The molecule has 1 aliphatic heterocycles. The van der Waals surface area contributed by atoms with Gasteiger partial charge in [-0.25, -0.2) is 4.89 Å². The highest BCUT2D eigenvalue weighted by Crippen LogP contribution is 2.33. The molecule has 3 N–H and O–H groups in total. The topological polar surface area (TPSA) is 62.8 Å². The van der Waals surface area contributed by atoms with Crippen molar-refractivity contribution in [3.05, 3.63) is 29.8 Å². The summed E-state index contributed by atoms with van der Waals surface area (Å²) in [5.74, 6) is 0.370. The number of hydrogen-bond acceptors (Lipinski definition) is 5. The molecule has 0 aromatic heterocycles. The molecule has 20 heavy (non-hydrogen) atoms. The van der Waals surface area contributed by atoms with Crippen LogP contribution in [0.15, 0.2) is 24.3 Å². The van der Waals surface area contributed by atoms with Crippen molar-refractivity contribution >= 4 is 5.69 Å². The quantitative estimate of drug-likeness (QED) is 0.551. The Kier molecular flexibility index (Phi) is 4.99. The average Bonchev–Trinajstić information content (AvgIpc) is 2.79. The Morgan fingerprint density at radius 1 is 1.40 bits per heavy atom. The van der Waals surface area contributed by atoms with Crippen LogP contribution in [0.3, 0.4) is 0 Å². The summed E-state index contributed by atoms with van der Waals surface area (Å²) in [5.41, 5.74) is 4.88. The smallest absolute Gasteiger partial charge is 0.0972 e. The zero-order chi connectivity index (χ0) is 14.6. The molecular weight excluding hydrogens is 256 g/mol. The van der Waals surface area contributed by atoms with Crippen molar-refractivity contribution in [3.63, 3.8) is 0 Å². The number of hydrogen-bond donors (Lipinski definition) is 3. The van der Waals surface area contributed by atoms with Crippen molar-refractivity contribution < 1.29 is 15.0 Å². The Balaban J connectivity index is 1.85. The van der Waals surface area contributed by atoms with Crippen LogP contribution in [0, 0.1) is 0 Å². The van der Waals surface area contributed by atoms with Gasteiger partial charge in [0.1, 0.15) is 0 Å². The number of hydroxylamine groups is 1. The number of para-hydroxylation sites is 1. The van der Waals surface area contributed by atoms with E-state index in [2.05, 4.69) is 22.9 Å². The van der Waals surface area contributed by atoms with Crippen molar-refractivity contribution in [1.29, 1.82) is 0 Å². The highest BCUT2D eigenvalue weighted by molar-refractivity contribution is 5.57. The maximum absolute atomic E-state index is 9.45. The second kappa shape index (κ2) is 6.54. The van der Waals surface area contributed by atoms with Gasteiger partial charge in [0.25, 0.3) is 0 Å². The third-order valence-electron chi connectivity index (χ3n) is 3.24. The monoisotopic (exact) mass is 280 g/mol. The molecule has 112 valence electrons. The molecule has 5 nitrogen and oxygen atoms in total. The average molecular weight is 280 g/mol. The van der Waals surface area contributed by atoms with Gasteiger partial charge >= 0.3 is 0 Å². The minimum absolute atomic E-state index is 0.00612. The summed E-state index contributed by atoms with van der Waals surface area (Å²) in [7, 11) is 0. The molecular formula is C15H24N2O3. The fourth-order valence-corrected chi connectivity index (χ4v) is 2.29. The zero-order valence-electron chi connectivity index (χ0n) is 12.3. The van der Waals surface area contributed by atoms with E-state index in [1.807, 2.05) is 32.9 Å². The highest BCUT2D eigenvalue weighted by atomic mass is 17.3. The number of fused-ring (bicyclic) bond motifs is 1. The standard InChI is InChI=1S/C15H24N2O3/c1-15(2,3)19-20-17-12(10-18)8-11-9-16-14-7-5-4-6-13(11)14/h4-7,11-12,16-18H,8-10H2,1-3H3. The fourth-order valence-electron chi connectivity index (χ4n) is 2.29. The van der Waals surface area contributed by atoms with E-state index in [-0.39, 0.29) is 18.2 Å². The Hall–Kier alpha value is -1.14. The molecule has 1 aliphatic rings. The molecule has 0 saturated heterocycles. The lowest BCUT2D eigenvalue weighted by atomic mass is 9.94. The molecule has 0 bridgehead atoms. The molecule has 2 unspecified atom stereocenters. The van der Waals surface area contributed by atoms with E-state index >= 15 is 0 Å². The fraction of sp³-hybridized carbons (Fsp3) is 0.600. The first kappa shape index (κ1) is 15.3. The molecule has 2 rings (SSSR count). The van der Waals surface area contributed by atoms with Gasteiger partial charge in [-0.3, -0.25) is 0 Å². The molecule has 1 aromatic carbocycles. The van der Waals surface area contributed by atoms with E-state index in [4.69, 9.17) is 9.88 Å². The molecule has 0 radical (unpaired) electrons. The number of aliphatic hydroxyl groups excluding tert-OH is 1. The van der Waals surface area contributed by atoms with E-state index in [0.717, 1.165) is 13.0 Å². The van der Waals surface area contributed by atoms with Crippen LogP contribution in [0.1, 0.15) is 38.7 Å². The van der Waals surface area contributed by atoms with Crippen LogP contribution in [0.2, 0.25) is 0 Å². The lowest BCUT2D eigenvalue weighted by molar-refractivity contribution is -0.389. The van der Waals surface area contributed by atoms with Crippen molar-refractivity contribution in [2.75, 3.05) is 18.5 Å². The number of benzene rings is 1. The number of rotatable bonds is 6. The third-order valence-corrected chi connectivity index (χ3v) is 3.24. The summed E-state index contributed by atoms with van der Waals surface area (Å²) in [5, 5.41) is 12.8. The Bertz CT molecular complexity index is 431. The maximum atomic E-state index is 9.45. The van der Waals surface area contributed by atoms with Gasteiger partial charge in [0, 0.05) is 18.2 Å². The normalized spacial score (nSPS) is 19.5. The van der Waals surface area contributed by atoms with Crippen LogP contribution >= 0.6 is 0 Å². The minimum Gasteiger partial charge on any atom is -0.395 e. The van der Waals surface area contributed by atoms with E-state index < -0.39 is 0 Å². The SMILES string of the molecule is CC(C)(C)OONC(CO)CC1CNc2ccccc21. The van der Waals surface area contributed by atoms with Gasteiger partial charge in [-0.15, -0.1) is 4.99 Å². The van der Waals surface area contributed by atoms with Crippen LogP contribution in [0.25, 0.3) is 0 Å². The predicted molar refractivity (Wildman–Crippen MR) is 78.2 cm³/mol. The van der Waals surface area contributed by atoms with Gasteiger partial charge in [0.05, 0.1) is 18.2 Å². The van der Waals surface area contributed by atoms with Crippen LogP contribution < -0.4 is 10.8 Å². The van der Waals surface area contributed by atoms with E-state index in [1.165, 1.54) is 11.3 Å². The lowest BCUT2D eigenvalue weighted by Crippen LogP contribution is -2.36. The maximum Gasteiger partial charge on any atom is 0.0972 e. The van der Waals surface area contributed by atoms with Gasteiger partial charge in [-0.2, -0.15) is 5.48 Å². The van der Waals surface area contributed by atoms with Crippen molar-refractivity contribution in [2.45, 2.75) is 44.8 Å². The van der Waals surface area contributed by atoms with Gasteiger partial charge in [0.15, 0.2) is 0 Å². The van der Waals surface area contributed by atoms with Gasteiger partial charge in [0.2, 0.25) is 0 Å². The first-order valence-electron chi connectivity index (χ1n) is 7.03. The number of aliphatic hydroxyl groups is 1. The summed E-state index contributed by atoms with van der Waals surface area (Å²) in [4.78, 5) is 10.2. The van der Waals surface area contributed by atoms with E-state index in [1.54, 1.807) is 0 Å². The van der Waals surface area contributed by atoms with Crippen LogP contribution in [0.5, 0.6) is 0 Å². The van der Waals surface area contributed by atoms with Gasteiger partial charge < -0.3 is 10.4 Å². The first-order chi connectivity index (χ1) is 9.49. The lowest BCUT2D eigenvalue weighted by Gasteiger charge is -2.22. The summed E-state index contributed by atoms with van der Waals surface area (Å²) >= 11 is 0. The first-order valence-corrected chi connectivity index (χ1v) is 7.03. The molecule has 1 heterocycles. The molecule has 0 aliphatic carbocycles. The molecule has 0 saturated carbocycles. The molecule has 5 heteroatoms. The van der Waals surface area contributed by atoms with Crippen molar-refractivity contribution in [1.82, 2.24) is 5.48 Å². The molecule has 1 aromatic rings. The molecule has 0 fully saturated rings. The van der Waals surface area contributed by atoms with Crippen molar-refractivity contribution in [2.24, 2.45) is 0 Å². The summed E-state index contributed by atoms with van der Waals surface area (Å²) < 4.78 is 0. The summed E-state index contributed by atoms with van der Waals surface area (Å²) in [6.07, 6.45) is 0.786. The second-order valence-electron chi connectivity index (χ2n) is 6.18. The number of nitrogens with one attached hydrogen (secondary N) is 2. The number of anilines is 1. The van der Waals surface area contributed by atoms with Gasteiger partial charge in [-0.1, -0.05) is 18.2 Å². The largest absolute Gasteiger partial charge is 0.395 e. The van der Waals surface area contributed by atoms with E-state index in [9.17, 15) is 5.11 Å². The Labute approximate surface area is 120 Å². The third kappa shape index (κ3) is 4.18. The Morgan fingerprint density at radius 2 is 2.15 bits per heavy atom. The van der Waals surface area contributed by atoms with Crippen LogP contribution in [-0.2, 0) is 9.88 Å². The summed E-state index contributed by atoms with van der Waals surface area (Å²) in [6.45, 7) is 6.60. The van der Waals surface area contributed by atoms with Crippen LogP contribution in [-0.4, -0.2) is 29.9 Å². The second-order valence-corrected chi connectivity index (χ2v) is 6.18. The Morgan fingerprint density at radius 3 is 2.85 bits per heavy atom. The zero-order valence-corrected chi connectivity index (χ0v) is 12.3. The molecule has 0 amide bonds. The van der Waals surface area contributed by atoms with E-state index in [0.29, 0.717) is 5.92 Å². The molecule has 0 spiro atoms. The molecule has 2 atom stereocenters. The highest BCUT2D eigenvalue weighted by Gasteiger charge is 2.25. The summed E-state index contributed by atoms with van der Waals surface area (Å²) in [6, 6.07) is 8.11.